The van der Waals surface area contributed by atoms with Crippen LogP contribution in [0.4, 0.5) is 0 Å². The van der Waals surface area contributed by atoms with E-state index in [0.717, 1.165) is 13.1 Å². The van der Waals surface area contributed by atoms with Gasteiger partial charge in [0, 0.05) is 12.5 Å². The number of benzene rings is 1. The Labute approximate surface area is 84.1 Å². The molecule has 0 spiro atoms. The van der Waals surface area contributed by atoms with Crippen LogP contribution in [0.3, 0.4) is 0 Å². The molecule has 0 amide bonds. The Morgan fingerprint density at radius 2 is 2.21 bits per heavy atom. The first-order valence-corrected chi connectivity index (χ1v) is 5.31. The lowest BCUT2D eigenvalue weighted by atomic mass is 10.0. The number of hydrogen-bond donors (Lipinski definition) is 1. The zero-order chi connectivity index (χ0) is 9.38. The molecule has 0 saturated carbocycles. The Bertz CT molecular complexity index is 382. The van der Waals surface area contributed by atoms with Crippen LogP contribution in [0.15, 0.2) is 29.3 Å². The normalized spacial score (nSPS) is 24.3. The van der Waals surface area contributed by atoms with Crippen molar-refractivity contribution in [3.8, 4) is 0 Å². The third kappa shape index (κ3) is 1.14. The highest BCUT2D eigenvalue weighted by Crippen LogP contribution is 2.33. The van der Waals surface area contributed by atoms with Crippen molar-refractivity contribution in [3.63, 3.8) is 0 Å². The minimum Gasteiger partial charge on any atom is -0.371 e. The maximum absolute atomic E-state index is 4.52. The molecule has 1 aromatic carbocycles. The maximum Gasteiger partial charge on any atom is 0.104 e. The van der Waals surface area contributed by atoms with Crippen LogP contribution >= 0.6 is 0 Å². The summed E-state index contributed by atoms with van der Waals surface area (Å²) in [5.41, 5.74) is 2.99. The Morgan fingerprint density at radius 1 is 1.29 bits per heavy atom. The van der Waals surface area contributed by atoms with E-state index in [9.17, 15) is 0 Å². The zero-order valence-electron chi connectivity index (χ0n) is 8.16. The van der Waals surface area contributed by atoms with E-state index >= 15 is 0 Å². The molecule has 2 heteroatoms. The lowest BCUT2D eigenvalue weighted by Gasteiger charge is -2.11. The fourth-order valence-electron chi connectivity index (χ4n) is 2.49. The average molecular weight is 186 g/mol. The second kappa shape index (κ2) is 3.12. The monoisotopic (exact) mass is 186 g/mol. The lowest BCUT2D eigenvalue weighted by molar-refractivity contribution is 0.821. The molecule has 3 rings (SSSR count). The number of rotatable bonds is 1. The van der Waals surface area contributed by atoms with Gasteiger partial charge in [0.2, 0.25) is 0 Å². The summed E-state index contributed by atoms with van der Waals surface area (Å²) in [4.78, 5) is 4.52. The number of nitrogens with zero attached hydrogens (tertiary/aromatic N) is 1. The largest absolute Gasteiger partial charge is 0.371 e. The molecule has 0 saturated heterocycles. The van der Waals surface area contributed by atoms with Crippen molar-refractivity contribution < 1.29 is 0 Å². The summed E-state index contributed by atoms with van der Waals surface area (Å²) in [6.07, 6.45) is 2.44. The van der Waals surface area contributed by atoms with E-state index < -0.39 is 0 Å². The van der Waals surface area contributed by atoms with Crippen LogP contribution in [0, 0.1) is 0 Å². The number of hydrogen-bond acceptors (Lipinski definition) is 2. The Balaban J connectivity index is 1.97. The van der Waals surface area contributed by atoms with Gasteiger partial charge >= 0.3 is 0 Å². The molecule has 1 unspecified atom stereocenters. The van der Waals surface area contributed by atoms with E-state index in [-0.39, 0.29) is 0 Å². The maximum atomic E-state index is 4.52. The number of aliphatic imine (C=N–C) groups is 1. The first-order valence-electron chi connectivity index (χ1n) is 5.31. The van der Waals surface area contributed by atoms with Crippen molar-refractivity contribution in [3.05, 3.63) is 35.4 Å². The van der Waals surface area contributed by atoms with E-state index in [2.05, 4.69) is 34.6 Å². The van der Waals surface area contributed by atoms with Gasteiger partial charge in [0.1, 0.15) is 5.84 Å². The average Bonchev–Trinajstić information content (AvgIpc) is 2.85. The van der Waals surface area contributed by atoms with Crippen LogP contribution in [-0.4, -0.2) is 18.9 Å². The molecule has 0 fully saturated rings. The summed E-state index contributed by atoms with van der Waals surface area (Å²) in [5, 5.41) is 3.39. The predicted molar refractivity (Wildman–Crippen MR) is 57.8 cm³/mol. The summed E-state index contributed by atoms with van der Waals surface area (Å²) in [6.45, 7) is 1.97. The predicted octanol–water partition coefficient (Wildman–Crippen LogP) is 1.72. The number of nitrogens with one attached hydrogen (secondary N) is 1. The quantitative estimate of drug-likeness (QED) is 0.709. The van der Waals surface area contributed by atoms with Gasteiger partial charge in [-0.1, -0.05) is 24.3 Å². The van der Waals surface area contributed by atoms with Crippen LogP contribution in [0.2, 0.25) is 0 Å². The highest BCUT2D eigenvalue weighted by molar-refractivity contribution is 5.91. The summed E-state index contributed by atoms with van der Waals surface area (Å²) in [6, 6.07) is 8.75. The molecule has 1 aromatic rings. The van der Waals surface area contributed by atoms with E-state index in [4.69, 9.17) is 0 Å². The summed E-state index contributed by atoms with van der Waals surface area (Å²) in [5.74, 6) is 1.77. The SMILES string of the molecule is c1ccc2c(c1)CCC2C1=NCCN1. The molecule has 2 aliphatic rings. The van der Waals surface area contributed by atoms with Gasteiger partial charge in [-0.2, -0.15) is 0 Å². The van der Waals surface area contributed by atoms with E-state index in [1.165, 1.54) is 29.8 Å². The van der Waals surface area contributed by atoms with Gasteiger partial charge in [-0.25, -0.2) is 0 Å². The minimum absolute atomic E-state index is 0.550. The molecule has 0 aromatic heterocycles. The molecule has 1 heterocycles. The zero-order valence-corrected chi connectivity index (χ0v) is 8.16. The van der Waals surface area contributed by atoms with Crippen LogP contribution in [0.25, 0.3) is 0 Å². The fourth-order valence-corrected chi connectivity index (χ4v) is 2.49. The topological polar surface area (TPSA) is 24.4 Å². The van der Waals surface area contributed by atoms with E-state index in [1.54, 1.807) is 0 Å². The van der Waals surface area contributed by atoms with Crippen LogP contribution in [0.5, 0.6) is 0 Å². The standard InChI is InChI=1S/C12H14N2/c1-2-4-10-9(3-1)5-6-11(10)12-13-7-8-14-12/h1-4,11H,5-8H2,(H,13,14). The van der Waals surface area contributed by atoms with Crippen molar-refractivity contribution >= 4 is 5.84 Å². The Morgan fingerprint density at radius 3 is 3.07 bits per heavy atom. The first-order chi connectivity index (χ1) is 6.95. The summed E-state index contributed by atoms with van der Waals surface area (Å²) in [7, 11) is 0. The Kier molecular flexibility index (Phi) is 1.79. The van der Waals surface area contributed by atoms with E-state index in [0.29, 0.717) is 5.92 Å². The lowest BCUT2D eigenvalue weighted by Crippen LogP contribution is -2.24. The third-order valence-corrected chi connectivity index (χ3v) is 3.16. The number of aryl methyl sites for hydroxylation is 1. The molecule has 1 atom stereocenters. The van der Waals surface area contributed by atoms with Gasteiger partial charge in [-0.3, -0.25) is 4.99 Å². The van der Waals surface area contributed by atoms with Crippen molar-refractivity contribution in [2.75, 3.05) is 13.1 Å². The van der Waals surface area contributed by atoms with Gasteiger partial charge in [0.15, 0.2) is 0 Å². The van der Waals surface area contributed by atoms with Crippen LogP contribution < -0.4 is 5.32 Å². The molecule has 1 aliphatic heterocycles. The smallest absolute Gasteiger partial charge is 0.104 e. The van der Waals surface area contributed by atoms with Crippen molar-refractivity contribution in [2.45, 2.75) is 18.8 Å². The van der Waals surface area contributed by atoms with Gasteiger partial charge in [-0.15, -0.1) is 0 Å². The molecule has 0 radical (unpaired) electrons. The number of amidine groups is 1. The van der Waals surface area contributed by atoms with Crippen molar-refractivity contribution in [1.82, 2.24) is 5.32 Å². The fraction of sp³-hybridized carbons (Fsp3) is 0.417. The molecular formula is C12H14N2. The molecule has 1 aliphatic carbocycles. The molecule has 72 valence electrons. The molecular weight excluding hydrogens is 172 g/mol. The molecule has 0 bridgehead atoms. The molecule has 14 heavy (non-hydrogen) atoms. The number of fused-ring (bicyclic) bond motifs is 1. The third-order valence-electron chi connectivity index (χ3n) is 3.16. The summed E-state index contributed by atoms with van der Waals surface area (Å²) < 4.78 is 0. The minimum atomic E-state index is 0.550. The highest BCUT2D eigenvalue weighted by Gasteiger charge is 2.27. The molecule has 1 N–H and O–H groups in total. The van der Waals surface area contributed by atoms with Crippen LogP contribution in [0.1, 0.15) is 23.5 Å². The van der Waals surface area contributed by atoms with Gasteiger partial charge in [0.05, 0.1) is 6.54 Å². The second-order valence-corrected chi connectivity index (χ2v) is 3.98. The molecule has 2 nitrogen and oxygen atoms in total. The Hall–Kier alpha value is -1.31. The van der Waals surface area contributed by atoms with Crippen molar-refractivity contribution in [2.24, 2.45) is 4.99 Å². The summed E-state index contributed by atoms with van der Waals surface area (Å²) >= 11 is 0. The van der Waals surface area contributed by atoms with E-state index in [1.807, 2.05) is 0 Å². The van der Waals surface area contributed by atoms with Crippen LogP contribution in [-0.2, 0) is 6.42 Å². The van der Waals surface area contributed by atoms with Gasteiger partial charge in [0.25, 0.3) is 0 Å². The van der Waals surface area contributed by atoms with Crippen molar-refractivity contribution in [1.29, 1.82) is 0 Å². The second-order valence-electron chi connectivity index (χ2n) is 3.98. The van der Waals surface area contributed by atoms with Gasteiger partial charge < -0.3 is 5.32 Å². The highest BCUT2D eigenvalue weighted by atomic mass is 15.1. The first kappa shape index (κ1) is 8.04. The van der Waals surface area contributed by atoms with Gasteiger partial charge in [-0.05, 0) is 24.0 Å².